The van der Waals surface area contributed by atoms with Gasteiger partial charge in [-0.1, -0.05) is 12.2 Å². The molecule has 2 unspecified atom stereocenters. The Bertz CT molecular complexity index is 326. The van der Waals surface area contributed by atoms with E-state index < -0.39 is 0 Å². The second-order valence-electron chi connectivity index (χ2n) is 5.18. The summed E-state index contributed by atoms with van der Waals surface area (Å²) in [6.45, 7) is 3.68. The van der Waals surface area contributed by atoms with Crippen LogP contribution in [-0.4, -0.2) is 39.4 Å². The van der Waals surface area contributed by atoms with Crippen LogP contribution in [-0.2, 0) is 4.79 Å². The summed E-state index contributed by atoms with van der Waals surface area (Å²) in [5.41, 5.74) is 5.70. The first-order valence-corrected chi connectivity index (χ1v) is 7.65. The largest absolute Gasteiger partial charge is 0.393 e. The van der Waals surface area contributed by atoms with Crippen LogP contribution in [0, 0.1) is 5.92 Å². The van der Waals surface area contributed by atoms with Crippen LogP contribution in [0.2, 0.25) is 0 Å². The standard InChI is InChI=1S/C12H20N2OS2/c1-12(5-3-7-17-12)11(15)14-6-2-4-9(8-14)10(13)16/h9H,2-8H2,1H3,(H2,13,16). The Morgan fingerprint density at radius 3 is 2.88 bits per heavy atom. The molecule has 0 aromatic carbocycles. The number of thioether (sulfide) groups is 1. The Kier molecular flexibility index (Phi) is 3.98. The maximum absolute atomic E-state index is 12.5. The maximum atomic E-state index is 12.5. The number of carbonyl (C=O) groups is 1. The minimum atomic E-state index is -0.196. The van der Waals surface area contributed by atoms with Gasteiger partial charge in [-0.2, -0.15) is 0 Å². The maximum Gasteiger partial charge on any atom is 0.238 e. The van der Waals surface area contributed by atoms with Crippen LogP contribution in [0.4, 0.5) is 0 Å². The number of piperidine rings is 1. The number of likely N-dealkylation sites (tertiary alicyclic amines) is 1. The number of thiocarbonyl (C=S) groups is 1. The molecule has 5 heteroatoms. The van der Waals surface area contributed by atoms with Crippen molar-refractivity contribution in [3.05, 3.63) is 0 Å². The summed E-state index contributed by atoms with van der Waals surface area (Å²) in [7, 11) is 0. The molecule has 2 aliphatic heterocycles. The molecule has 2 aliphatic rings. The molecule has 0 saturated carbocycles. The van der Waals surface area contributed by atoms with E-state index in [-0.39, 0.29) is 10.7 Å². The van der Waals surface area contributed by atoms with Crippen LogP contribution in [0.25, 0.3) is 0 Å². The summed E-state index contributed by atoms with van der Waals surface area (Å²) >= 11 is 6.85. The van der Waals surface area contributed by atoms with Crippen LogP contribution < -0.4 is 5.73 Å². The van der Waals surface area contributed by atoms with Crippen molar-refractivity contribution in [1.82, 2.24) is 4.90 Å². The fourth-order valence-corrected chi connectivity index (χ4v) is 4.15. The molecule has 2 atom stereocenters. The third-order valence-electron chi connectivity index (χ3n) is 3.78. The molecule has 0 radical (unpaired) electrons. The van der Waals surface area contributed by atoms with Gasteiger partial charge < -0.3 is 10.6 Å². The minimum absolute atomic E-state index is 0.196. The van der Waals surface area contributed by atoms with Gasteiger partial charge in [0, 0.05) is 19.0 Å². The van der Waals surface area contributed by atoms with Gasteiger partial charge in [-0.3, -0.25) is 4.79 Å². The average Bonchev–Trinajstić information content (AvgIpc) is 2.76. The Labute approximate surface area is 112 Å². The van der Waals surface area contributed by atoms with Gasteiger partial charge in [0.1, 0.15) is 0 Å². The van der Waals surface area contributed by atoms with Gasteiger partial charge in [-0.15, -0.1) is 11.8 Å². The van der Waals surface area contributed by atoms with E-state index >= 15 is 0 Å². The quantitative estimate of drug-likeness (QED) is 0.779. The lowest BCUT2D eigenvalue weighted by molar-refractivity contribution is -0.134. The van der Waals surface area contributed by atoms with Crippen molar-refractivity contribution in [3.8, 4) is 0 Å². The first kappa shape index (κ1) is 13.1. The molecule has 0 aromatic heterocycles. The summed E-state index contributed by atoms with van der Waals surface area (Å²) < 4.78 is -0.196. The van der Waals surface area contributed by atoms with E-state index in [2.05, 4.69) is 6.92 Å². The molecular weight excluding hydrogens is 252 g/mol. The zero-order chi connectivity index (χ0) is 12.5. The van der Waals surface area contributed by atoms with E-state index in [0.29, 0.717) is 10.9 Å². The lowest BCUT2D eigenvalue weighted by Gasteiger charge is -2.36. The topological polar surface area (TPSA) is 46.3 Å². The number of hydrogen-bond donors (Lipinski definition) is 1. The second-order valence-corrected chi connectivity index (χ2v) is 7.24. The molecular formula is C12H20N2OS2. The summed E-state index contributed by atoms with van der Waals surface area (Å²) in [6.07, 6.45) is 4.21. The molecule has 2 saturated heterocycles. The number of carbonyl (C=O) groups excluding carboxylic acids is 1. The highest BCUT2D eigenvalue weighted by Gasteiger charge is 2.41. The third kappa shape index (κ3) is 2.76. The molecule has 96 valence electrons. The number of rotatable bonds is 2. The molecule has 1 amide bonds. The Balaban J connectivity index is 2.01. The first-order chi connectivity index (χ1) is 8.03. The van der Waals surface area contributed by atoms with E-state index in [1.165, 1.54) is 0 Å². The van der Waals surface area contributed by atoms with Gasteiger partial charge in [0.05, 0.1) is 9.74 Å². The van der Waals surface area contributed by atoms with Crippen LogP contribution in [0.5, 0.6) is 0 Å². The number of nitrogens with zero attached hydrogens (tertiary/aromatic N) is 1. The summed E-state index contributed by atoms with van der Waals surface area (Å²) in [5.74, 6) is 1.62. The van der Waals surface area contributed by atoms with Gasteiger partial charge >= 0.3 is 0 Å². The lowest BCUT2D eigenvalue weighted by atomic mass is 9.95. The van der Waals surface area contributed by atoms with Crippen molar-refractivity contribution in [1.29, 1.82) is 0 Å². The molecule has 2 fully saturated rings. The molecule has 2 heterocycles. The van der Waals surface area contributed by atoms with E-state index in [1.807, 2.05) is 4.90 Å². The van der Waals surface area contributed by atoms with Crippen molar-refractivity contribution in [2.75, 3.05) is 18.8 Å². The van der Waals surface area contributed by atoms with Crippen molar-refractivity contribution < 1.29 is 4.79 Å². The molecule has 0 aliphatic carbocycles. The predicted molar refractivity (Wildman–Crippen MR) is 76.2 cm³/mol. The van der Waals surface area contributed by atoms with Crippen molar-refractivity contribution >= 4 is 34.9 Å². The first-order valence-electron chi connectivity index (χ1n) is 6.25. The SMILES string of the molecule is CC1(C(=O)N2CCCC(C(N)=S)C2)CCCS1. The summed E-state index contributed by atoms with van der Waals surface area (Å²) in [5, 5.41) is 0. The smallest absolute Gasteiger partial charge is 0.238 e. The number of hydrogen-bond acceptors (Lipinski definition) is 3. The Morgan fingerprint density at radius 2 is 2.29 bits per heavy atom. The molecule has 0 bridgehead atoms. The molecule has 2 N–H and O–H groups in total. The lowest BCUT2D eigenvalue weighted by Crippen LogP contribution is -2.50. The molecule has 0 aromatic rings. The monoisotopic (exact) mass is 272 g/mol. The fourth-order valence-electron chi connectivity index (χ4n) is 2.68. The van der Waals surface area contributed by atoms with E-state index in [9.17, 15) is 4.79 Å². The molecule has 17 heavy (non-hydrogen) atoms. The number of nitrogens with two attached hydrogens (primary N) is 1. The van der Waals surface area contributed by atoms with Crippen LogP contribution in [0.15, 0.2) is 0 Å². The molecule has 3 nitrogen and oxygen atoms in total. The summed E-state index contributed by atoms with van der Waals surface area (Å²) in [6, 6.07) is 0. The van der Waals surface area contributed by atoms with E-state index in [1.54, 1.807) is 11.8 Å². The van der Waals surface area contributed by atoms with Gasteiger partial charge in [0.25, 0.3) is 0 Å². The fraction of sp³-hybridized carbons (Fsp3) is 0.833. The highest BCUT2D eigenvalue weighted by Crippen LogP contribution is 2.39. The van der Waals surface area contributed by atoms with Gasteiger partial charge in [0.15, 0.2) is 0 Å². The average molecular weight is 272 g/mol. The Hall–Kier alpha value is -0.290. The van der Waals surface area contributed by atoms with Crippen LogP contribution in [0.3, 0.4) is 0 Å². The summed E-state index contributed by atoms with van der Waals surface area (Å²) in [4.78, 5) is 15.1. The molecule has 0 spiro atoms. The Morgan fingerprint density at radius 1 is 1.53 bits per heavy atom. The van der Waals surface area contributed by atoms with Crippen LogP contribution >= 0.6 is 24.0 Å². The minimum Gasteiger partial charge on any atom is -0.393 e. The van der Waals surface area contributed by atoms with Crippen molar-refractivity contribution in [2.24, 2.45) is 11.7 Å². The normalized spacial score (nSPS) is 33.7. The van der Waals surface area contributed by atoms with E-state index in [4.69, 9.17) is 18.0 Å². The van der Waals surface area contributed by atoms with Gasteiger partial charge in [-0.25, -0.2) is 0 Å². The van der Waals surface area contributed by atoms with Crippen molar-refractivity contribution in [2.45, 2.75) is 37.4 Å². The van der Waals surface area contributed by atoms with Gasteiger partial charge in [0.2, 0.25) is 5.91 Å². The predicted octanol–water partition coefficient (Wildman–Crippen LogP) is 1.80. The number of amides is 1. The van der Waals surface area contributed by atoms with Crippen LogP contribution in [0.1, 0.15) is 32.6 Å². The van der Waals surface area contributed by atoms with Gasteiger partial charge in [-0.05, 0) is 38.4 Å². The molecule has 2 rings (SSSR count). The zero-order valence-corrected chi connectivity index (χ0v) is 11.9. The van der Waals surface area contributed by atoms with Crippen molar-refractivity contribution in [3.63, 3.8) is 0 Å². The zero-order valence-electron chi connectivity index (χ0n) is 10.3. The highest BCUT2D eigenvalue weighted by atomic mass is 32.2. The highest BCUT2D eigenvalue weighted by molar-refractivity contribution is 8.01. The second kappa shape index (κ2) is 5.14. The third-order valence-corrected chi connectivity index (χ3v) is 5.62. The van der Waals surface area contributed by atoms with E-state index in [0.717, 1.165) is 44.5 Å².